The standard InChI is InChI=1S/C7H10N4O2S/c1-10-4(9-6(8)14)3-5(12)11(2)7(10)13/h3H,1-2H3,(H3,8,9,14). The maximum atomic E-state index is 11.4. The van der Waals surface area contributed by atoms with Gasteiger partial charge in [0.05, 0.1) is 0 Å². The number of anilines is 1. The van der Waals surface area contributed by atoms with Gasteiger partial charge in [0.2, 0.25) is 0 Å². The summed E-state index contributed by atoms with van der Waals surface area (Å²) in [5.74, 6) is 0.283. The van der Waals surface area contributed by atoms with Gasteiger partial charge in [-0.25, -0.2) is 4.79 Å². The summed E-state index contributed by atoms with van der Waals surface area (Å²) in [7, 11) is 2.91. The van der Waals surface area contributed by atoms with E-state index in [0.29, 0.717) is 0 Å². The molecular weight excluding hydrogens is 204 g/mol. The minimum Gasteiger partial charge on any atom is -0.376 e. The summed E-state index contributed by atoms with van der Waals surface area (Å²) in [5, 5.41) is 2.55. The Morgan fingerprint density at radius 1 is 1.43 bits per heavy atom. The predicted octanol–water partition coefficient (Wildman–Crippen LogP) is -1.26. The molecule has 0 aliphatic rings. The van der Waals surface area contributed by atoms with Gasteiger partial charge in [-0.3, -0.25) is 13.9 Å². The highest BCUT2D eigenvalue weighted by atomic mass is 32.1. The molecule has 7 heteroatoms. The fourth-order valence-electron chi connectivity index (χ4n) is 0.979. The van der Waals surface area contributed by atoms with Gasteiger partial charge in [-0.05, 0) is 12.2 Å². The van der Waals surface area contributed by atoms with Crippen LogP contribution in [0.1, 0.15) is 0 Å². The summed E-state index contributed by atoms with van der Waals surface area (Å²) in [6.45, 7) is 0. The van der Waals surface area contributed by atoms with Crippen LogP contribution in [0.25, 0.3) is 0 Å². The van der Waals surface area contributed by atoms with Crippen molar-refractivity contribution in [3.8, 4) is 0 Å². The van der Waals surface area contributed by atoms with Crippen LogP contribution in [0, 0.1) is 0 Å². The van der Waals surface area contributed by atoms with Crippen molar-refractivity contribution < 1.29 is 0 Å². The normalized spacial score (nSPS) is 9.86. The third kappa shape index (κ3) is 1.82. The second kappa shape index (κ2) is 3.62. The van der Waals surface area contributed by atoms with Crippen molar-refractivity contribution in [1.82, 2.24) is 9.13 Å². The van der Waals surface area contributed by atoms with Crippen LogP contribution in [0.2, 0.25) is 0 Å². The van der Waals surface area contributed by atoms with Crippen molar-refractivity contribution in [2.75, 3.05) is 5.32 Å². The Hall–Kier alpha value is -1.63. The molecule has 6 nitrogen and oxygen atoms in total. The quantitative estimate of drug-likeness (QED) is 0.570. The topological polar surface area (TPSA) is 82.1 Å². The molecule has 0 atom stereocenters. The van der Waals surface area contributed by atoms with Gasteiger partial charge in [0.1, 0.15) is 5.82 Å². The lowest BCUT2D eigenvalue weighted by molar-refractivity contribution is 0.693. The molecule has 0 fully saturated rings. The Morgan fingerprint density at radius 3 is 2.50 bits per heavy atom. The first kappa shape index (κ1) is 10.5. The van der Waals surface area contributed by atoms with Crippen molar-refractivity contribution in [3.05, 3.63) is 26.9 Å². The van der Waals surface area contributed by atoms with E-state index in [2.05, 4.69) is 17.5 Å². The molecule has 0 radical (unpaired) electrons. The largest absolute Gasteiger partial charge is 0.376 e. The lowest BCUT2D eigenvalue weighted by Crippen LogP contribution is -2.38. The van der Waals surface area contributed by atoms with Crippen LogP contribution < -0.4 is 22.3 Å². The molecule has 1 heterocycles. The number of nitrogens with one attached hydrogen (secondary N) is 1. The Balaban J connectivity index is 3.41. The monoisotopic (exact) mass is 214 g/mol. The lowest BCUT2D eigenvalue weighted by Gasteiger charge is -2.09. The molecule has 1 aromatic heterocycles. The summed E-state index contributed by atoms with van der Waals surface area (Å²) in [6, 6.07) is 1.25. The van der Waals surface area contributed by atoms with Crippen molar-refractivity contribution in [3.63, 3.8) is 0 Å². The van der Waals surface area contributed by atoms with Crippen LogP contribution in [-0.4, -0.2) is 14.2 Å². The third-order valence-corrected chi connectivity index (χ3v) is 1.88. The summed E-state index contributed by atoms with van der Waals surface area (Å²) < 4.78 is 2.24. The van der Waals surface area contributed by atoms with E-state index in [-0.39, 0.29) is 10.9 Å². The molecule has 1 aromatic rings. The Morgan fingerprint density at radius 2 is 2.00 bits per heavy atom. The molecule has 76 valence electrons. The average Bonchev–Trinajstić information content (AvgIpc) is 2.10. The summed E-state index contributed by atoms with van der Waals surface area (Å²) >= 11 is 4.60. The number of hydrogen-bond donors (Lipinski definition) is 2. The zero-order chi connectivity index (χ0) is 10.9. The van der Waals surface area contributed by atoms with Crippen LogP contribution in [-0.2, 0) is 14.1 Å². The number of thiocarbonyl (C=S) groups is 1. The number of aromatic nitrogens is 2. The zero-order valence-electron chi connectivity index (χ0n) is 7.77. The molecule has 0 aromatic carbocycles. The van der Waals surface area contributed by atoms with E-state index >= 15 is 0 Å². The van der Waals surface area contributed by atoms with Crippen LogP contribution >= 0.6 is 12.2 Å². The van der Waals surface area contributed by atoms with Gasteiger partial charge in [-0.1, -0.05) is 0 Å². The third-order valence-electron chi connectivity index (χ3n) is 1.78. The van der Waals surface area contributed by atoms with E-state index in [4.69, 9.17) is 5.73 Å². The van der Waals surface area contributed by atoms with E-state index in [1.165, 1.54) is 24.7 Å². The first-order chi connectivity index (χ1) is 6.43. The minimum absolute atomic E-state index is 0.00764. The molecular formula is C7H10N4O2S. The molecule has 0 saturated heterocycles. The van der Waals surface area contributed by atoms with Crippen molar-refractivity contribution in [1.29, 1.82) is 0 Å². The minimum atomic E-state index is -0.434. The molecule has 0 spiro atoms. The first-order valence-corrected chi connectivity index (χ1v) is 4.18. The molecule has 3 N–H and O–H groups in total. The zero-order valence-corrected chi connectivity index (χ0v) is 8.59. The van der Waals surface area contributed by atoms with Crippen molar-refractivity contribution in [2.45, 2.75) is 0 Å². The smallest absolute Gasteiger partial charge is 0.332 e. The molecule has 0 unspecified atom stereocenters. The molecule has 0 bridgehead atoms. The fourth-order valence-corrected chi connectivity index (χ4v) is 1.08. The molecule has 1 rings (SSSR count). The second-order valence-electron chi connectivity index (χ2n) is 2.76. The van der Waals surface area contributed by atoms with Gasteiger partial charge in [-0.15, -0.1) is 0 Å². The summed E-state index contributed by atoms with van der Waals surface area (Å²) in [6.07, 6.45) is 0. The highest BCUT2D eigenvalue weighted by molar-refractivity contribution is 7.80. The van der Waals surface area contributed by atoms with E-state index in [9.17, 15) is 9.59 Å². The highest BCUT2D eigenvalue weighted by Crippen LogP contribution is 1.96. The van der Waals surface area contributed by atoms with Gasteiger partial charge in [0, 0.05) is 20.2 Å². The van der Waals surface area contributed by atoms with Gasteiger partial charge in [0.15, 0.2) is 5.11 Å². The number of nitrogens with two attached hydrogens (primary N) is 1. The maximum Gasteiger partial charge on any atom is 0.332 e. The molecule has 0 saturated carbocycles. The SMILES string of the molecule is Cn1c(NC(N)=S)cc(=O)n(C)c1=O. The van der Waals surface area contributed by atoms with Gasteiger partial charge in [-0.2, -0.15) is 0 Å². The summed E-state index contributed by atoms with van der Waals surface area (Å²) in [4.78, 5) is 22.6. The molecule has 14 heavy (non-hydrogen) atoms. The Kier molecular flexibility index (Phi) is 2.70. The van der Waals surface area contributed by atoms with E-state index in [1.807, 2.05) is 0 Å². The van der Waals surface area contributed by atoms with E-state index in [1.54, 1.807) is 0 Å². The van der Waals surface area contributed by atoms with E-state index < -0.39 is 11.2 Å². The molecule has 0 amide bonds. The van der Waals surface area contributed by atoms with E-state index in [0.717, 1.165) is 4.57 Å². The Labute approximate surface area is 85.0 Å². The number of nitrogens with zero attached hydrogens (tertiary/aromatic N) is 2. The lowest BCUT2D eigenvalue weighted by atomic mass is 10.5. The predicted molar refractivity (Wildman–Crippen MR) is 57.3 cm³/mol. The first-order valence-electron chi connectivity index (χ1n) is 3.77. The Bertz CT molecular complexity index is 487. The van der Waals surface area contributed by atoms with Gasteiger partial charge < -0.3 is 11.1 Å². The second-order valence-corrected chi connectivity index (χ2v) is 3.20. The fraction of sp³-hybridized carbons (Fsp3) is 0.286. The van der Waals surface area contributed by atoms with Crippen molar-refractivity contribution >= 4 is 23.1 Å². The summed E-state index contributed by atoms with van der Waals surface area (Å²) in [5.41, 5.74) is 4.38. The van der Waals surface area contributed by atoms with Crippen LogP contribution in [0.3, 0.4) is 0 Å². The van der Waals surface area contributed by atoms with Crippen LogP contribution in [0.4, 0.5) is 5.82 Å². The number of hydrogen-bond acceptors (Lipinski definition) is 3. The van der Waals surface area contributed by atoms with Crippen molar-refractivity contribution in [2.24, 2.45) is 19.8 Å². The average molecular weight is 214 g/mol. The molecule has 0 aliphatic heterocycles. The number of rotatable bonds is 1. The van der Waals surface area contributed by atoms with Crippen LogP contribution in [0.5, 0.6) is 0 Å². The maximum absolute atomic E-state index is 11.4. The highest BCUT2D eigenvalue weighted by Gasteiger charge is 2.05. The van der Waals surface area contributed by atoms with Crippen LogP contribution in [0.15, 0.2) is 15.7 Å². The molecule has 0 aliphatic carbocycles. The van der Waals surface area contributed by atoms with Gasteiger partial charge in [0.25, 0.3) is 5.56 Å². The van der Waals surface area contributed by atoms with Gasteiger partial charge >= 0.3 is 5.69 Å².